The molecule has 0 aromatic heterocycles. The van der Waals surface area contributed by atoms with Gasteiger partial charge in [-0.25, -0.2) is 0 Å². The number of rotatable bonds is 7. The lowest BCUT2D eigenvalue weighted by Crippen LogP contribution is -2.21. The van der Waals surface area contributed by atoms with Crippen molar-refractivity contribution in [2.24, 2.45) is 11.7 Å². The molecular weight excluding hydrogens is 366 g/mol. The van der Waals surface area contributed by atoms with Crippen molar-refractivity contribution >= 4 is 11.1 Å². The van der Waals surface area contributed by atoms with E-state index >= 15 is 0 Å². The lowest BCUT2D eigenvalue weighted by atomic mass is 9.88. The predicted molar refractivity (Wildman–Crippen MR) is 129 cm³/mol. The van der Waals surface area contributed by atoms with Crippen LogP contribution in [0.15, 0.2) is 96.2 Å². The molecule has 0 bridgehead atoms. The molecule has 1 heterocycles. The van der Waals surface area contributed by atoms with Crippen LogP contribution < -0.4 is 11.1 Å². The normalized spacial score (nSPS) is 17.5. The second-order valence-corrected chi connectivity index (χ2v) is 7.78. The molecule has 3 N–H and O–H groups in total. The molecular formula is C27H33N3. The minimum atomic E-state index is 0.469. The second kappa shape index (κ2) is 10.0. The Morgan fingerprint density at radius 1 is 1.03 bits per heavy atom. The summed E-state index contributed by atoms with van der Waals surface area (Å²) < 4.78 is 0. The third-order valence-corrected chi connectivity index (χ3v) is 5.40. The monoisotopic (exact) mass is 399 g/mol. The van der Waals surface area contributed by atoms with Crippen LogP contribution >= 0.6 is 0 Å². The van der Waals surface area contributed by atoms with Crippen LogP contribution in [0.3, 0.4) is 0 Å². The molecule has 3 rings (SSSR count). The van der Waals surface area contributed by atoms with E-state index < -0.39 is 0 Å². The number of hydrogen-bond donors (Lipinski definition) is 2. The van der Waals surface area contributed by atoms with Crippen LogP contribution in [0, 0.1) is 5.92 Å². The van der Waals surface area contributed by atoms with Crippen LogP contribution in [-0.2, 0) is 0 Å². The second-order valence-electron chi connectivity index (χ2n) is 7.78. The van der Waals surface area contributed by atoms with Crippen molar-refractivity contribution < 1.29 is 0 Å². The molecule has 1 unspecified atom stereocenters. The highest BCUT2D eigenvalue weighted by atomic mass is 15.3. The molecule has 0 saturated carbocycles. The Kier molecular flexibility index (Phi) is 7.18. The number of nitrogens with one attached hydrogen (secondary N) is 1. The smallest absolute Gasteiger partial charge is 0.126 e. The summed E-state index contributed by atoms with van der Waals surface area (Å²) in [5, 5.41) is 3.46. The summed E-state index contributed by atoms with van der Waals surface area (Å²) in [6, 6.07) is 21.2. The van der Waals surface area contributed by atoms with Crippen LogP contribution in [0.2, 0.25) is 0 Å². The van der Waals surface area contributed by atoms with Crippen molar-refractivity contribution in [1.29, 1.82) is 0 Å². The van der Waals surface area contributed by atoms with Crippen LogP contribution in [0.5, 0.6) is 0 Å². The number of benzene rings is 2. The molecule has 3 heteroatoms. The fourth-order valence-electron chi connectivity index (χ4n) is 3.96. The molecule has 0 fully saturated rings. The third kappa shape index (κ3) is 4.68. The number of hydrogen-bond acceptors (Lipinski definition) is 3. The number of allylic oxidation sites excluding steroid dienone is 5. The van der Waals surface area contributed by atoms with Crippen LogP contribution in [0.25, 0.3) is 11.1 Å². The standard InChI is InChI=1S/C27H33N3/c1-5-13-20(3)19-23(21-15-9-7-10-16-21)25(22-17-11-8-12-18-22)27-29-26(28)24(14-6-2)30(27)4/h6-12,14-20,29H,5,13,28H2,1-4H3/b14-6-,23-19+,27-25+. The van der Waals surface area contributed by atoms with Gasteiger partial charge in [-0.2, -0.15) is 0 Å². The van der Waals surface area contributed by atoms with E-state index in [-0.39, 0.29) is 0 Å². The van der Waals surface area contributed by atoms with Gasteiger partial charge in [-0.15, -0.1) is 0 Å². The first-order valence-corrected chi connectivity index (χ1v) is 10.8. The van der Waals surface area contributed by atoms with E-state index in [0.29, 0.717) is 11.7 Å². The molecule has 2 aromatic rings. The van der Waals surface area contributed by atoms with Gasteiger partial charge in [-0.05, 0) is 42.0 Å². The summed E-state index contributed by atoms with van der Waals surface area (Å²) in [7, 11) is 2.07. The molecule has 0 amide bonds. The average molecular weight is 400 g/mol. The molecule has 0 radical (unpaired) electrons. The van der Waals surface area contributed by atoms with Gasteiger partial charge in [0, 0.05) is 12.6 Å². The topological polar surface area (TPSA) is 41.3 Å². The van der Waals surface area contributed by atoms with E-state index in [4.69, 9.17) is 5.73 Å². The van der Waals surface area contributed by atoms with Gasteiger partial charge in [-0.3, -0.25) is 0 Å². The first kappa shape index (κ1) is 21.5. The Bertz CT molecular complexity index is 966. The van der Waals surface area contributed by atoms with E-state index in [2.05, 4.69) is 97.9 Å². The molecule has 1 aliphatic heterocycles. The van der Waals surface area contributed by atoms with Crippen molar-refractivity contribution in [2.45, 2.75) is 33.6 Å². The Morgan fingerprint density at radius 2 is 1.63 bits per heavy atom. The van der Waals surface area contributed by atoms with Gasteiger partial charge in [-0.1, -0.05) is 93.1 Å². The molecule has 0 spiro atoms. The zero-order valence-corrected chi connectivity index (χ0v) is 18.5. The van der Waals surface area contributed by atoms with Gasteiger partial charge in [0.2, 0.25) is 0 Å². The summed E-state index contributed by atoms with van der Waals surface area (Å²) >= 11 is 0. The zero-order chi connectivity index (χ0) is 21.5. The highest BCUT2D eigenvalue weighted by molar-refractivity contribution is 6.06. The summed E-state index contributed by atoms with van der Waals surface area (Å²) in [5.41, 5.74) is 12.1. The summed E-state index contributed by atoms with van der Waals surface area (Å²) in [4.78, 5) is 2.15. The maximum Gasteiger partial charge on any atom is 0.126 e. The Hall–Kier alpha value is -3.20. The summed E-state index contributed by atoms with van der Waals surface area (Å²) in [5.74, 6) is 2.15. The van der Waals surface area contributed by atoms with Gasteiger partial charge in [0.05, 0.1) is 5.70 Å². The zero-order valence-electron chi connectivity index (χ0n) is 18.5. The molecule has 2 aromatic carbocycles. The highest BCUT2D eigenvalue weighted by Crippen LogP contribution is 2.38. The molecule has 0 saturated heterocycles. The maximum atomic E-state index is 6.37. The van der Waals surface area contributed by atoms with Gasteiger partial charge >= 0.3 is 0 Å². The largest absolute Gasteiger partial charge is 0.383 e. The van der Waals surface area contributed by atoms with Crippen LogP contribution in [0.4, 0.5) is 0 Å². The summed E-state index contributed by atoms with van der Waals surface area (Å²) in [6.45, 7) is 6.54. The summed E-state index contributed by atoms with van der Waals surface area (Å²) in [6.07, 6.45) is 8.79. The lowest BCUT2D eigenvalue weighted by molar-refractivity contribution is 0.546. The van der Waals surface area contributed by atoms with Gasteiger partial charge in [0.15, 0.2) is 0 Å². The Morgan fingerprint density at radius 3 is 2.20 bits per heavy atom. The Labute approximate surface area is 181 Å². The highest BCUT2D eigenvalue weighted by Gasteiger charge is 2.26. The SMILES string of the molecule is C/C=C\C1=C(N)N/C(=C(\C(=C\C(C)CCC)c2ccccc2)c2ccccc2)N1C. The maximum absolute atomic E-state index is 6.37. The minimum Gasteiger partial charge on any atom is -0.383 e. The first-order chi connectivity index (χ1) is 14.6. The fourth-order valence-corrected chi connectivity index (χ4v) is 3.96. The van der Waals surface area contributed by atoms with Crippen LogP contribution in [-0.4, -0.2) is 11.9 Å². The average Bonchev–Trinajstić information content (AvgIpc) is 3.03. The van der Waals surface area contributed by atoms with E-state index in [1.54, 1.807) is 0 Å². The van der Waals surface area contributed by atoms with Crippen molar-refractivity contribution in [1.82, 2.24) is 10.2 Å². The van der Waals surface area contributed by atoms with Crippen molar-refractivity contribution in [2.75, 3.05) is 7.05 Å². The molecule has 1 aliphatic rings. The molecule has 1 atom stereocenters. The molecule has 156 valence electrons. The molecule has 0 aliphatic carbocycles. The third-order valence-electron chi connectivity index (χ3n) is 5.40. The fraction of sp³-hybridized carbons (Fsp3) is 0.259. The van der Waals surface area contributed by atoms with E-state index in [1.807, 2.05) is 19.1 Å². The van der Waals surface area contributed by atoms with Gasteiger partial charge < -0.3 is 16.0 Å². The molecule has 3 nitrogen and oxygen atoms in total. The number of likely N-dealkylation sites (N-methyl/N-ethyl adjacent to an activating group) is 1. The van der Waals surface area contributed by atoms with Crippen LogP contribution in [0.1, 0.15) is 44.7 Å². The van der Waals surface area contributed by atoms with Gasteiger partial charge in [0.1, 0.15) is 11.6 Å². The number of nitrogens with two attached hydrogens (primary N) is 1. The lowest BCUT2D eigenvalue weighted by Gasteiger charge is -2.23. The number of nitrogens with zero attached hydrogens (tertiary/aromatic N) is 1. The van der Waals surface area contributed by atoms with Crippen molar-refractivity contribution in [3.63, 3.8) is 0 Å². The predicted octanol–water partition coefficient (Wildman–Crippen LogP) is 6.11. The first-order valence-electron chi connectivity index (χ1n) is 10.8. The van der Waals surface area contributed by atoms with Crippen molar-refractivity contribution in [3.8, 4) is 0 Å². The van der Waals surface area contributed by atoms with E-state index in [0.717, 1.165) is 29.9 Å². The van der Waals surface area contributed by atoms with E-state index in [1.165, 1.54) is 16.7 Å². The Balaban J connectivity index is 2.26. The molecule has 30 heavy (non-hydrogen) atoms. The van der Waals surface area contributed by atoms with Crippen molar-refractivity contribution in [3.05, 3.63) is 107 Å². The minimum absolute atomic E-state index is 0.469. The van der Waals surface area contributed by atoms with E-state index in [9.17, 15) is 0 Å². The van der Waals surface area contributed by atoms with Gasteiger partial charge in [0.25, 0.3) is 0 Å². The quantitative estimate of drug-likeness (QED) is 0.590.